The summed E-state index contributed by atoms with van der Waals surface area (Å²) < 4.78 is 1.43. The van der Waals surface area contributed by atoms with Crippen LogP contribution < -0.4 is 10.6 Å². The van der Waals surface area contributed by atoms with Crippen molar-refractivity contribution in [2.75, 3.05) is 5.32 Å². The van der Waals surface area contributed by atoms with Crippen molar-refractivity contribution in [3.63, 3.8) is 0 Å². The van der Waals surface area contributed by atoms with Gasteiger partial charge in [-0.2, -0.15) is 0 Å². The summed E-state index contributed by atoms with van der Waals surface area (Å²) in [4.78, 5) is 28.5. The number of anilines is 1. The molecule has 0 aliphatic heterocycles. The van der Waals surface area contributed by atoms with Gasteiger partial charge < -0.3 is 5.32 Å². The molecular formula is C21H29N5O2. The van der Waals surface area contributed by atoms with E-state index in [9.17, 15) is 9.59 Å². The Morgan fingerprint density at radius 1 is 1.18 bits per heavy atom. The van der Waals surface area contributed by atoms with Crippen molar-refractivity contribution >= 4 is 17.8 Å². The lowest BCUT2D eigenvalue weighted by Gasteiger charge is -2.38. The minimum absolute atomic E-state index is 0.0609. The number of aromatic nitrogens is 3. The van der Waals surface area contributed by atoms with Gasteiger partial charge in [-0.3, -0.25) is 14.9 Å². The van der Waals surface area contributed by atoms with Crippen LogP contribution >= 0.6 is 0 Å². The Morgan fingerprint density at radius 3 is 2.71 bits per heavy atom. The molecule has 28 heavy (non-hydrogen) atoms. The minimum Gasteiger partial charge on any atom is -0.350 e. The highest BCUT2D eigenvalue weighted by Gasteiger charge is 2.33. The number of amides is 2. The van der Waals surface area contributed by atoms with E-state index in [-0.39, 0.29) is 29.7 Å². The maximum atomic E-state index is 12.4. The fraction of sp³-hybridized carbons (Fsp3) is 0.524. The zero-order chi connectivity index (χ0) is 20.0. The molecule has 1 fully saturated rings. The maximum absolute atomic E-state index is 12.4. The van der Waals surface area contributed by atoms with Gasteiger partial charge in [-0.1, -0.05) is 57.0 Å². The van der Waals surface area contributed by atoms with Crippen molar-refractivity contribution in [3.8, 4) is 0 Å². The molecule has 1 aromatic heterocycles. The summed E-state index contributed by atoms with van der Waals surface area (Å²) >= 11 is 0. The molecule has 150 valence electrons. The molecule has 1 saturated carbocycles. The summed E-state index contributed by atoms with van der Waals surface area (Å²) in [5.74, 6) is 0.406. The highest BCUT2D eigenvalue weighted by molar-refractivity contribution is 5.89. The first kappa shape index (κ1) is 20.0. The van der Waals surface area contributed by atoms with Crippen LogP contribution in [-0.4, -0.2) is 26.6 Å². The summed E-state index contributed by atoms with van der Waals surface area (Å²) in [6.45, 7) is 5.01. The van der Waals surface area contributed by atoms with Crippen LogP contribution in [0, 0.1) is 11.3 Å². The van der Waals surface area contributed by atoms with Crippen LogP contribution in [0.2, 0.25) is 0 Å². The topological polar surface area (TPSA) is 88.9 Å². The molecule has 7 heteroatoms. The average molecular weight is 383 g/mol. The van der Waals surface area contributed by atoms with Gasteiger partial charge in [0.25, 0.3) is 0 Å². The first-order chi connectivity index (χ1) is 13.4. The van der Waals surface area contributed by atoms with Crippen molar-refractivity contribution in [1.82, 2.24) is 20.1 Å². The van der Waals surface area contributed by atoms with E-state index in [0.717, 1.165) is 18.4 Å². The Morgan fingerprint density at radius 2 is 1.96 bits per heavy atom. The van der Waals surface area contributed by atoms with Gasteiger partial charge in [-0.05, 0) is 29.7 Å². The fourth-order valence-corrected chi connectivity index (χ4v) is 3.77. The third-order valence-electron chi connectivity index (χ3n) is 5.59. The van der Waals surface area contributed by atoms with E-state index in [4.69, 9.17) is 0 Å². The third kappa shape index (κ3) is 5.65. The fourth-order valence-electron chi connectivity index (χ4n) is 3.77. The molecule has 0 radical (unpaired) electrons. The molecule has 1 heterocycles. The summed E-state index contributed by atoms with van der Waals surface area (Å²) in [6.07, 6.45) is 6.62. The number of carbonyl (C=O) groups excluding carboxylic acids is 2. The number of benzene rings is 1. The molecule has 1 atom stereocenters. The number of nitrogens with one attached hydrogen (secondary N) is 2. The summed E-state index contributed by atoms with van der Waals surface area (Å²) in [5, 5.41) is 9.80. The zero-order valence-corrected chi connectivity index (χ0v) is 16.6. The smallest absolute Gasteiger partial charge is 0.248 e. The second kappa shape index (κ2) is 8.99. The highest BCUT2D eigenvalue weighted by atomic mass is 16.2. The molecule has 1 aliphatic carbocycles. The molecule has 0 saturated heterocycles. The van der Waals surface area contributed by atoms with Crippen LogP contribution in [0.3, 0.4) is 0 Å². The predicted octanol–water partition coefficient (Wildman–Crippen LogP) is 3.14. The van der Waals surface area contributed by atoms with Crippen LogP contribution in [0.25, 0.3) is 0 Å². The molecule has 3 rings (SSSR count). The van der Waals surface area contributed by atoms with Gasteiger partial charge in [-0.25, -0.2) is 9.67 Å². The van der Waals surface area contributed by atoms with E-state index in [1.165, 1.54) is 23.9 Å². The molecular weight excluding hydrogens is 354 g/mol. The van der Waals surface area contributed by atoms with Gasteiger partial charge in [0.15, 0.2) is 0 Å². The normalized spacial score (nSPS) is 18.4. The summed E-state index contributed by atoms with van der Waals surface area (Å²) in [6, 6.07) is 9.71. The van der Waals surface area contributed by atoms with E-state index in [1.807, 2.05) is 30.3 Å². The van der Waals surface area contributed by atoms with E-state index in [1.54, 1.807) is 0 Å². The molecule has 1 aliphatic rings. The zero-order valence-electron chi connectivity index (χ0n) is 16.6. The SMILES string of the molecule is CC1(C)CCCCC1CC(=O)Nc1ncn(CC(=O)NCc2ccccc2)n1. The van der Waals surface area contributed by atoms with Gasteiger partial charge in [0.2, 0.25) is 17.8 Å². The van der Waals surface area contributed by atoms with Crippen molar-refractivity contribution in [1.29, 1.82) is 0 Å². The van der Waals surface area contributed by atoms with Crippen LogP contribution in [0.15, 0.2) is 36.7 Å². The highest BCUT2D eigenvalue weighted by Crippen LogP contribution is 2.42. The standard InChI is InChI=1S/C21H29N5O2/c1-21(2)11-7-6-10-17(21)12-18(27)24-20-23-15-26(25-20)14-19(28)22-13-16-8-4-3-5-9-16/h3-5,8-9,15,17H,6-7,10-14H2,1-2H3,(H,22,28)(H,24,25,27). The predicted molar refractivity (Wildman–Crippen MR) is 107 cm³/mol. The Bertz CT molecular complexity index is 800. The molecule has 0 bridgehead atoms. The van der Waals surface area contributed by atoms with Crippen LogP contribution in [0.1, 0.15) is 51.5 Å². The number of hydrogen-bond acceptors (Lipinski definition) is 4. The first-order valence-electron chi connectivity index (χ1n) is 9.92. The Kier molecular flexibility index (Phi) is 6.44. The Hall–Kier alpha value is -2.70. The summed E-state index contributed by atoms with van der Waals surface area (Å²) in [5.41, 5.74) is 1.23. The number of nitrogens with zero attached hydrogens (tertiary/aromatic N) is 3. The lowest BCUT2D eigenvalue weighted by molar-refractivity contribution is -0.122. The van der Waals surface area contributed by atoms with E-state index in [0.29, 0.717) is 18.9 Å². The molecule has 2 aromatic rings. The van der Waals surface area contributed by atoms with Crippen molar-refractivity contribution in [2.24, 2.45) is 11.3 Å². The molecule has 7 nitrogen and oxygen atoms in total. The molecule has 2 N–H and O–H groups in total. The van der Waals surface area contributed by atoms with Gasteiger partial charge in [0, 0.05) is 13.0 Å². The lowest BCUT2D eigenvalue weighted by atomic mass is 9.67. The second-order valence-corrected chi connectivity index (χ2v) is 8.21. The van der Waals surface area contributed by atoms with Crippen LogP contribution in [0.4, 0.5) is 5.95 Å². The largest absolute Gasteiger partial charge is 0.350 e. The molecule has 1 aromatic carbocycles. The number of carbonyl (C=O) groups is 2. The van der Waals surface area contributed by atoms with Crippen molar-refractivity contribution in [3.05, 3.63) is 42.2 Å². The van der Waals surface area contributed by atoms with E-state index in [2.05, 4.69) is 34.6 Å². The molecule has 1 unspecified atom stereocenters. The first-order valence-corrected chi connectivity index (χ1v) is 9.92. The van der Waals surface area contributed by atoms with Gasteiger partial charge in [0.05, 0.1) is 0 Å². The van der Waals surface area contributed by atoms with Gasteiger partial charge in [-0.15, -0.1) is 5.10 Å². The van der Waals surface area contributed by atoms with Crippen molar-refractivity contribution in [2.45, 2.75) is 59.0 Å². The quantitative estimate of drug-likeness (QED) is 0.769. The third-order valence-corrected chi connectivity index (χ3v) is 5.59. The number of hydrogen-bond donors (Lipinski definition) is 2. The average Bonchev–Trinajstić information content (AvgIpc) is 3.09. The Labute approximate surface area is 165 Å². The number of rotatable bonds is 7. The van der Waals surface area contributed by atoms with Crippen LogP contribution in [0.5, 0.6) is 0 Å². The second-order valence-electron chi connectivity index (χ2n) is 8.21. The van der Waals surface area contributed by atoms with Crippen molar-refractivity contribution < 1.29 is 9.59 Å². The monoisotopic (exact) mass is 383 g/mol. The Balaban J connectivity index is 1.45. The maximum Gasteiger partial charge on any atom is 0.248 e. The van der Waals surface area contributed by atoms with Crippen LogP contribution in [-0.2, 0) is 22.7 Å². The van der Waals surface area contributed by atoms with Gasteiger partial charge in [0.1, 0.15) is 12.9 Å². The lowest BCUT2D eigenvalue weighted by Crippen LogP contribution is -2.31. The molecule has 0 spiro atoms. The van der Waals surface area contributed by atoms with E-state index < -0.39 is 0 Å². The minimum atomic E-state index is -0.157. The summed E-state index contributed by atoms with van der Waals surface area (Å²) in [7, 11) is 0. The van der Waals surface area contributed by atoms with E-state index >= 15 is 0 Å². The molecule has 2 amide bonds. The van der Waals surface area contributed by atoms with Gasteiger partial charge >= 0.3 is 0 Å².